The molecule has 1 aromatic carbocycles. The summed E-state index contributed by atoms with van der Waals surface area (Å²) in [6.07, 6.45) is 2.03. The maximum atomic E-state index is 5.85. The van der Waals surface area contributed by atoms with Crippen LogP contribution >= 0.6 is 23.1 Å². The van der Waals surface area contributed by atoms with Crippen molar-refractivity contribution in [2.75, 3.05) is 0 Å². The molecule has 0 saturated heterocycles. The van der Waals surface area contributed by atoms with Crippen molar-refractivity contribution in [2.24, 2.45) is 5.73 Å². The van der Waals surface area contributed by atoms with Gasteiger partial charge in [0.05, 0.1) is 5.69 Å². The van der Waals surface area contributed by atoms with Crippen LogP contribution in [0, 0.1) is 6.92 Å². The molecule has 0 aliphatic rings. The van der Waals surface area contributed by atoms with Crippen molar-refractivity contribution in [3.63, 3.8) is 0 Å². The number of nitrogens with two attached hydrogens (primary N) is 1. The third kappa shape index (κ3) is 2.41. The first-order chi connectivity index (χ1) is 9.29. The SMILES string of the molecule is Cc1ccccc1CSc1nc2sccn2c1CN. The lowest BCUT2D eigenvalue weighted by Crippen LogP contribution is -2.01. The highest BCUT2D eigenvalue weighted by Gasteiger charge is 2.12. The molecule has 0 radical (unpaired) electrons. The molecule has 3 aromatic rings. The minimum Gasteiger partial charge on any atom is -0.325 e. The van der Waals surface area contributed by atoms with Gasteiger partial charge in [-0.1, -0.05) is 36.0 Å². The van der Waals surface area contributed by atoms with Crippen LogP contribution in [0.1, 0.15) is 16.8 Å². The van der Waals surface area contributed by atoms with E-state index in [-0.39, 0.29) is 0 Å². The monoisotopic (exact) mass is 289 g/mol. The quantitative estimate of drug-likeness (QED) is 0.748. The van der Waals surface area contributed by atoms with Crippen LogP contribution in [-0.4, -0.2) is 9.38 Å². The van der Waals surface area contributed by atoms with Gasteiger partial charge in [-0.15, -0.1) is 11.3 Å². The van der Waals surface area contributed by atoms with Crippen LogP contribution in [0.15, 0.2) is 40.9 Å². The number of rotatable bonds is 4. The highest BCUT2D eigenvalue weighted by molar-refractivity contribution is 7.98. The van der Waals surface area contributed by atoms with Gasteiger partial charge in [-0.2, -0.15) is 0 Å². The lowest BCUT2D eigenvalue weighted by atomic mass is 10.1. The van der Waals surface area contributed by atoms with Crippen molar-refractivity contribution >= 4 is 28.1 Å². The van der Waals surface area contributed by atoms with E-state index in [1.54, 1.807) is 23.1 Å². The second kappa shape index (κ2) is 5.36. The fraction of sp³-hybridized carbons (Fsp3) is 0.214. The van der Waals surface area contributed by atoms with Gasteiger partial charge in [0.2, 0.25) is 0 Å². The lowest BCUT2D eigenvalue weighted by molar-refractivity contribution is 0.924. The van der Waals surface area contributed by atoms with Crippen LogP contribution in [0.4, 0.5) is 0 Å². The van der Waals surface area contributed by atoms with Crippen LogP contribution in [0.5, 0.6) is 0 Å². The Morgan fingerprint density at radius 1 is 1.37 bits per heavy atom. The van der Waals surface area contributed by atoms with Crippen molar-refractivity contribution in [3.05, 3.63) is 52.7 Å². The van der Waals surface area contributed by atoms with E-state index in [4.69, 9.17) is 5.73 Å². The molecule has 0 atom stereocenters. The average Bonchev–Trinajstić information content (AvgIpc) is 2.97. The fourth-order valence-electron chi connectivity index (χ4n) is 2.03. The standard InChI is InChI=1S/C14H15N3S2/c1-10-4-2-3-5-11(10)9-19-13-12(8-15)17-6-7-18-14(17)16-13/h2-7H,8-9,15H2,1H3. The third-order valence-electron chi connectivity index (χ3n) is 3.14. The number of hydrogen-bond acceptors (Lipinski definition) is 4. The molecule has 0 bridgehead atoms. The number of aromatic nitrogens is 2. The number of hydrogen-bond donors (Lipinski definition) is 1. The molecule has 0 aliphatic heterocycles. The van der Waals surface area contributed by atoms with Crippen molar-refractivity contribution in [3.8, 4) is 0 Å². The number of nitrogens with zero attached hydrogens (tertiary/aromatic N) is 2. The van der Waals surface area contributed by atoms with Gasteiger partial charge in [0.25, 0.3) is 0 Å². The number of benzene rings is 1. The van der Waals surface area contributed by atoms with E-state index in [1.807, 2.05) is 11.6 Å². The van der Waals surface area contributed by atoms with Crippen molar-refractivity contribution < 1.29 is 0 Å². The molecule has 0 spiro atoms. The predicted molar refractivity (Wildman–Crippen MR) is 81.7 cm³/mol. The summed E-state index contributed by atoms with van der Waals surface area (Å²) < 4.78 is 2.09. The highest BCUT2D eigenvalue weighted by Crippen LogP contribution is 2.28. The molecule has 3 rings (SSSR count). The van der Waals surface area contributed by atoms with Gasteiger partial charge >= 0.3 is 0 Å². The van der Waals surface area contributed by atoms with Gasteiger partial charge in [0.15, 0.2) is 4.96 Å². The number of fused-ring (bicyclic) bond motifs is 1. The summed E-state index contributed by atoms with van der Waals surface area (Å²) >= 11 is 3.41. The Balaban J connectivity index is 1.85. The Labute approximate surface area is 120 Å². The molecule has 19 heavy (non-hydrogen) atoms. The largest absolute Gasteiger partial charge is 0.325 e. The molecular formula is C14H15N3S2. The second-order valence-corrected chi connectivity index (χ2v) is 6.18. The molecule has 0 fully saturated rings. The molecule has 0 saturated carbocycles. The zero-order chi connectivity index (χ0) is 13.2. The van der Waals surface area contributed by atoms with Crippen molar-refractivity contribution in [1.29, 1.82) is 0 Å². The zero-order valence-electron chi connectivity index (χ0n) is 10.7. The van der Waals surface area contributed by atoms with E-state index in [9.17, 15) is 0 Å². The number of thiazole rings is 1. The predicted octanol–water partition coefficient (Wildman–Crippen LogP) is 3.46. The van der Waals surface area contributed by atoms with E-state index < -0.39 is 0 Å². The van der Waals surface area contributed by atoms with Crippen molar-refractivity contribution in [2.45, 2.75) is 24.2 Å². The first kappa shape index (κ1) is 12.7. The maximum absolute atomic E-state index is 5.85. The summed E-state index contributed by atoms with van der Waals surface area (Å²) in [5, 5.41) is 3.09. The number of imidazole rings is 1. The summed E-state index contributed by atoms with van der Waals surface area (Å²) in [5.74, 6) is 0.935. The van der Waals surface area contributed by atoms with E-state index in [2.05, 4.69) is 40.6 Å². The third-order valence-corrected chi connectivity index (χ3v) is 4.96. The first-order valence-electron chi connectivity index (χ1n) is 6.11. The van der Waals surface area contributed by atoms with E-state index in [0.29, 0.717) is 6.54 Å². The van der Waals surface area contributed by atoms with Crippen LogP contribution in [0.2, 0.25) is 0 Å². The van der Waals surface area contributed by atoms with Gasteiger partial charge in [-0.3, -0.25) is 4.40 Å². The van der Waals surface area contributed by atoms with Crippen LogP contribution in [0.25, 0.3) is 4.96 Å². The Hall–Kier alpha value is -1.30. The molecular weight excluding hydrogens is 274 g/mol. The molecule has 5 heteroatoms. The van der Waals surface area contributed by atoms with Crippen LogP contribution in [0.3, 0.4) is 0 Å². The molecule has 0 aliphatic carbocycles. The molecule has 0 unspecified atom stereocenters. The molecule has 2 aromatic heterocycles. The zero-order valence-corrected chi connectivity index (χ0v) is 12.3. The smallest absolute Gasteiger partial charge is 0.194 e. The summed E-state index contributed by atoms with van der Waals surface area (Å²) in [6, 6.07) is 8.47. The Bertz CT molecular complexity index is 700. The first-order valence-corrected chi connectivity index (χ1v) is 7.98. The average molecular weight is 289 g/mol. The van der Waals surface area contributed by atoms with Crippen molar-refractivity contribution in [1.82, 2.24) is 9.38 Å². The summed E-state index contributed by atoms with van der Waals surface area (Å²) in [6.45, 7) is 2.67. The van der Waals surface area contributed by atoms with Gasteiger partial charge in [-0.25, -0.2) is 4.98 Å². The van der Waals surface area contributed by atoms with Crippen LogP contribution < -0.4 is 5.73 Å². The van der Waals surface area contributed by atoms with Gasteiger partial charge in [-0.05, 0) is 18.1 Å². The summed E-state index contributed by atoms with van der Waals surface area (Å²) in [5.41, 5.74) is 9.63. The molecule has 2 heterocycles. The van der Waals surface area contributed by atoms with Gasteiger partial charge < -0.3 is 5.73 Å². The Morgan fingerprint density at radius 2 is 2.21 bits per heavy atom. The summed E-state index contributed by atoms with van der Waals surface area (Å²) in [7, 11) is 0. The maximum Gasteiger partial charge on any atom is 0.194 e. The minimum absolute atomic E-state index is 0.522. The fourth-order valence-corrected chi connectivity index (χ4v) is 3.94. The Morgan fingerprint density at radius 3 is 3.00 bits per heavy atom. The highest BCUT2D eigenvalue weighted by atomic mass is 32.2. The molecule has 2 N–H and O–H groups in total. The van der Waals surface area contributed by atoms with E-state index in [1.165, 1.54) is 11.1 Å². The minimum atomic E-state index is 0.522. The van der Waals surface area contributed by atoms with Gasteiger partial charge in [0, 0.05) is 23.9 Å². The molecule has 98 valence electrons. The van der Waals surface area contributed by atoms with Crippen LogP contribution in [-0.2, 0) is 12.3 Å². The topological polar surface area (TPSA) is 43.3 Å². The normalized spacial score (nSPS) is 11.3. The Kier molecular flexibility index (Phi) is 3.59. The summed E-state index contributed by atoms with van der Waals surface area (Å²) in [4.78, 5) is 5.67. The molecule has 3 nitrogen and oxygen atoms in total. The second-order valence-electron chi connectivity index (χ2n) is 4.34. The lowest BCUT2D eigenvalue weighted by Gasteiger charge is -2.05. The van der Waals surface area contributed by atoms with E-state index >= 15 is 0 Å². The van der Waals surface area contributed by atoms with Gasteiger partial charge in [0.1, 0.15) is 5.03 Å². The van der Waals surface area contributed by atoms with E-state index in [0.717, 1.165) is 21.4 Å². The molecule has 0 amide bonds. The number of thioether (sulfide) groups is 1. The number of aryl methyl sites for hydroxylation is 1.